The van der Waals surface area contributed by atoms with Gasteiger partial charge in [0.15, 0.2) is 11.6 Å². The van der Waals surface area contributed by atoms with Crippen molar-refractivity contribution in [2.75, 3.05) is 12.9 Å². The number of methoxy groups -OCH3 is 1. The minimum absolute atomic E-state index is 0.189. The summed E-state index contributed by atoms with van der Waals surface area (Å²) in [4.78, 5) is 10.9. The predicted octanol–water partition coefficient (Wildman–Crippen LogP) is 2.01. The maximum Gasteiger partial charge on any atom is 0.320 e. The maximum absolute atomic E-state index is 13.6. The average Bonchev–Trinajstić information content (AvgIpc) is 2.38. The SMILES string of the molecule is COc1ccc(C2NC(C(=O)O)CCS2)cc1F. The first-order valence-corrected chi connectivity index (χ1v) is 6.60. The molecule has 2 atom stereocenters. The van der Waals surface area contributed by atoms with Gasteiger partial charge in [0.05, 0.1) is 12.5 Å². The van der Waals surface area contributed by atoms with Crippen molar-refractivity contribution in [3.63, 3.8) is 0 Å². The number of hydrogen-bond acceptors (Lipinski definition) is 4. The van der Waals surface area contributed by atoms with Gasteiger partial charge in [0.2, 0.25) is 0 Å². The molecule has 0 aromatic heterocycles. The van der Waals surface area contributed by atoms with Crippen molar-refractivity contribution in [2.24, 2.45) is 0 Å². The normalized spacial score (nSPS) is 23.7. The lowest BCUT2D eigenvalue weighted by atomic mass is 10.1. The summed E-state index contributed by atoms with van der Waals surface area (Å²) in [5, 5.41) is 11.8. The third kappa shape index (κ3) is 2.76. The van der Waals surface area contributed by atoms with Gasteiger partial charge in [-0.25, -0.2) is 4.39 Å². The Morgan fingerprint density at radius 3 is 3.00 bits per heavy atom. The summed E-state index contributed by atoms with van der Waals surface area (Å²) in [5.41, 5.74) is 0.726. The minimum atomic E-state index is -0.866. The zero-order valence-electron chi connectivity index (χ0n) is 9.85. The van der Waals surface area contributed by atoms with Crippen LogP contribution < -0.4 is 10.1 Å². The molecule has 0 saturated carbocycles. The van der Waals surface area contributed by atoms with E-state index in [2.05, 4.69) is 5.32 Å². The van der Waals surface area contributed by atoms with Crippen LogP contribution in [0.4, 0.5) is 4.39 Å². The quantitative estimate of drug-likeness (QED) is 0.880. The molecule has 1 aromatic carbocycles. The highest BCUT2D eigenvalue weighted by molar-refractivity contribution is 7.99. The van der Waals surface area contributed by atoms with E-state index in [0.29, 0.717) is 6.42 Å². The Morgan fingerprint density at radius 1 is 1.61 bits per heavy atom. The lowest BCUT2D eigenvalue weighted by Crippen LogP contribution is -2.41. The first-order valence-electron chi connectivity index (χ1n) is 5.55. The number of ether oxygens (including phenoxy) is 1. The summed E-state index contributed by atoms with van der Waals surface area (Å²) in [5.74, 6) is -0.374. The molecule has 1 aromatic rings. The van der Waals surface area contributed by atoms with Crippen molar-refractivity contribution < 1.29 is 19.0 Å². The molecule has 2 rings (SSSR count). The highest BCUT2D eigenvalue weighted by Crippen LogP contribution is 2.33. The van der Waals surface area contributed by atoms with Gasteiger partial charge >= 0.3 is 5.97 Å². The van der Waals surface area contributed by atoms with Crippen LogP contribution in [0.5, 0.6) is 5.75 Å². The zero-order valence-corrected chi connectivity index (χ0v) is 10.7. The number of hydrogen-bond donors (Lipinski definition) is 2. The number of carboxylic acid groups (broad SMARTS) is 1. The molecule has 0 aliphatic carbocycles. The van der Waals surface area contributed by atoms with Crippen LogP contribution in [-0.4, -0.2) is 30.0 Å². The van der Waals surface area contributed by atoms with E-state index in [1.807, 2.05) is 0 Å². The molecular weight excluding hydrogens is 257 g/mol. The number of carboxylic acids is 1. The van der Waals surface area contributed by atoms with Gasteiger partial charge in [0.1, 0.15) is 6.04 Å². The lowest BCUT2D eigenvalue weighted by Gasteiger charge is -2.28. The smallest absolute Gasteiger partial charge is 0.320 e. The number of thioether (sulfide) groups is 1. The summed E-state index contributed by atoms with van der Waals surface area (Å²) in [6, 6.07) is 4.11. The summed E-state index contributed by atoms with van der Waals surface area (Å²) in [6.45, 7) is 0. The second kappa shape index (κ2) is 5.58. The molecule has 6 heteroatoms. The Hall–Kier alpha value is -1.27. The summed E-state index contributed by atoms with van der Waals surface area (Å²) in [7, 11) is 1.41. The fraction of sp³-hybridized carbons (Fsp3) is 0.417. The number of aliphatic carboxylic acids is 1. The molecule has 1 saturated heterocycles. The fourth-order valence-electron chi connectivity index (χ4n) is 1.85. The monoisotopic (exact) mass is 271 g/mol. The summed E-state index contributed by atoms with van der Waals surface area (Å²) >= 11 is 1.58. The van der Waals surface area contributed by atoms with Crippen LogP contribution in [0.2, 0.25) is 0 Å². The Labute approximate surface area is 109 Å². The van der Waals surface area contributed by atoms with Crippen molar-refractivity contribution in [3.05, 3.63) is 29.6 Å². The Kier molecular flexibility index (Phi) is 4.08. The molecule has 2 N–H and O–H groups in total. The molecule has 1 aliphatic heterocycles. The first-order chi connectivity index (χ1) is 8.61. The third-order valence-corrected chi connectivity index (χ3v) is 4.03. The van der Waals surface area contributed by atoms with Crippen molar-refractivity contribution in [1.82, 2.24) is 5.32 Å². The van der Waals surface area contributed by atoms with Crippen LogP contribution in [0, 0.1) is 5.82 Å². The molecule has 1 fully saturated rings. The first kappa shape index (κ1) is 13.2. The third-order valence-electron chi connectivity index (χ3n) is 2.82. The average molecular weight is 271 g/mol. The van der Waals surface area contributed by atoms with Crippen LogP contribution in [0.25, 0.3) is 0 Å². The summed E-state index contributed by atoms with van der Waals surface area (Å²) in [6.07, 6.45) is 0.579. The topological polar surface area (TPSA) is 58.6 Å². The predicted molar refractivity (Wildman–Crippen MR) is 67.3 cm³/mol. The highest BCUT2D eigenvalue weighted by Gasteiger charge is 2.27. The van der Waals surface area contributed by atoms with E-state index in [4.69, 9.17) is 9.84 Å². The molecule has 1 heterocycles. The van der Waals surface area contributed by atoms with Crippen molar-refractivity contribution in [3.8, 4) is 5.75 Å². The van der Waals surface area contributed by atoms with Crippen LogP contribution in [0.1, 0.15) is 17.4 Å². The van der Waals surface area contributed by atoms with Gasteiger partial charge in [-0.2, -0.15) is 0 Å². The molecule has 2 unspecified atom stereocenters. The largest absolute Gasteiger partial charge is 0.494 e. The van der Waals surface area contributed by atoms with Crippen LogP contribution in [0.3, 0.4) is 0 Å². The molecule has 0 bridgehead atoms. The van der Waals surface area contributed by atoms with E-state index in [1.54, 1.807) is 23.9 Å². The second-order valence-electron chi connectivity index (χ2n) is 3.99. The molecular formula is C12H14FNO3S. The van der Waals surface area contributed by atoms with Crippen molar-refractivity contribution >= 4 is 17.7 Å². The number of rotatable bonds is 3. The molecule has 1 aliphatic rings. The van der Waals surface area contributed by atoms with Crippen LogP contribution >= 0.6 is 11.8 Å². The molecule has 18 heavy (non-hydrogen) atoms. The van der Waals surface area contributed by atoms with E-state index < -0.39 is 17.8 Å². The standard InChI is InChI=1S/C12H14FNO3S/c1-17-10-3-2-7(6-8(10)13)11-14-9(12(15)16)4-5-18-11/h2-3,6,9,11,14H,4-5H2,1H3,(H,15,16). The van der Waals surface area contributed by atoms with Crippen LogP contribution in [0.15, 0.2) is 18.2 Å². The molecule has 4 nitrogen and oxygen atoms in total. The van der Waals surface area contributed by atoms with E-state index in [9.17, 15) is 9.18 Å². The lowest BCUT2D eigenvalue weighted by molar-refractivity contribution is -0.139. The van der Waals surface area contributed by atoms with Gasteiger partial charge in [-0.05, 0) is 29.9 Å². The second-order valence-corrected chi connectivity index (χ2v) is 5.20. The van der Waals surface area contributed by atoms with E-state index in [0.717, 1.165) is 11.3 Å². The number of benzene rings is 1. The number of nitrogens with one attached hydrogen (secondary N) is 1. The Bertz CT molecular complexity index is 455. The maximum atomic E-state index is 13.6. The number of halogens is 1. The van der Waals surface area contributed by atoms with Crippen molar-refractivity contribution in [1.29, 1.82) is 0 Å². The fourth-order valence-corrected chi connectivity index (χ4v) is 3.06. The van der Waals surface area contributed by atoms with Gasteiger partial charge in [0, 0.05) is 0 Å². The van der Waals surface area contributed by atoms with Gasteiger partial charge in [-0.1, -0.05) is 6.07 Å². The Morgan fingerprint density at radius 2 is 2.39 bits per heavy atom. The van der Waals surface area contributed by atoms with Gasteiger partial charge in [0.25, 0.3) is 0 Å². The van der Waals surface area contributed by atoms with Crippen molar-refractivity contribution in [2.45, 2.75) is 17.8 Å². The molecule has 98 valence electrons. The van der Waals surface area contributed by atoms with Gasteiger partial charge < -0.3 is 9.84 Å². The Balaban J connectivity index is 2.16. The van der Waals surface area contributed by atoms with Gasteiger partial charge in [-0.15, -0.1) is 11.8 Å². The number of carbonyl (C=O) groups is 1. The van der Waals surface area contributed by atoms with E-state index in [-0.39, 0.29) is 11.1 Å². The molecule has 0 radical (unpaired) electrons. The highest BCUT2D eigenvalue weighted by atomic mass is 32.2. The summed E-state index contributed by atoms with van der Waals surface area (Å²) < 4.78 is 18.4. The van der Waals surface area contributed by atoms with Crippen LogP contribution in [-0.2, 0) is 4.79 Å². The van der Waals surface area contributed by atoms with Gasteiger partial charge in [-0.3, -0.25) is 10.1 Å². The minimum Gasteiger partial charge on any atom is -0.494 e. The van der Waals surface area contributed by atoms with E-state index in [1.165, 1.54) is 13.2 Å². The zero-order chi connectivity index (χ0) is 13.1. The molecule has 0 spiro atoms. The molecule has 0 amide bonds. The van der Waals surface area contributed by atoms with E-state index >= 15 is 0 Å².